The van der Waals surface area contributed by atoms with Gasteiger partial charge >= 0.3 is 0 Å². The maximum Gasteiger partial charge on any atom is 0.264 e. The Morgan fingerprint density at radius 1 is 1.15 bits per heavy atom. The average Bonchev–Trinajstić information content (AvgIpc) is 3.26. The summed E-state index contributed by atoms with van der Waals surface area (Å²) in [6.07, 6.45) is 0. The average molecular weight is 509 g/mol. The number of methoxy groups -OCH3 is 1. The Morgan fingerprint density at radius 2 is 1.91 bits per heavy atom. The minimum atomic E-state index is -0.376. The van der Waals surface area contributed by atoms with Gasteiger partial charge in [0.25, 0.3) is 11.4 Å². The molecule has 0 atom stereocenters. The molecule has 33 heavy (non-hydrogen) atoms. The molecular formula is C24H21BrN4O4. The van der Waals surface area contributed by atoms with Crippen molar-refractivity contribution in [2.75, 3.05) is 12.4 Å². The number of hydrogen-bond acceptors (Lipinski definition) is 6. The van der Waals surface area contributed by atoms with Gasteiger partial charge in [-0.1, -0.05) is 27.2 Å². The third kappa shape index (κ3) is 4.88. The largest absolute Gasteiger partial charge is 0.497 e. The SMILES string of the molecule is COc1cccc(NC(=O)Cn2c(C)cc(C)c(-c3nc(-c4ccc(Br)cc4)no3)c2=O)c1. The number of amides is 1. The first-order chi connectivity index (χ1) is 15.9. The number of nitrogens with one attached hydrogen (secondary N) is 1. The standard InChI is InChI=1S/C24H21BrN4O4/c1-14-11-15(2)29(13-20(30)26-18-5-4-6-19(12-18)32-3)24(31)21(14)23-27-22(28-33-23)16-7-9-17(25)10-8-16/h4-12H,13H2,1-3H3,(H,26,30). The predicted molar refractivity (Wildman–Crippen MR) is 128 cm³/mol. The minimum absolute atomic E-state index is 0.109. The lowest BCUT2D eigenvalue weighted by Gasteiger charge is -2.13. The predicted octanol–water partition coefficient (Wildman–Crippen LogP) is 4.59. The molecule has 0 bridgehead atoms. The molecular weight excluding hydrogens is 488 g/mol. The van der Waals surface area contributed by atoms with Crippen molar-refractivity contribution in [1.82, 2.24) is 14.7 Å². The Balaban J connectivity index is 1.63. The van der Waals surface area contributed by atoms with E-state index in [4.69, 9.17) is 9.26 Å². The lowest BCUT2D eigenvalue weighted by Crippen LogP contribution is -2.30. The van der Waals surface area contributed by atoms with Crippen LogP contribution >= 0.6 is 15.9 Å². The molecule has 168 valence electrons. The topological polar surface area (TPSA) is 99.2 Å². The summed E-state index contributed by atoms with van der Waals surface area (Å²) in [5.41, 5.74) is 2.57. The minimum Gasteiger partial charge on any atom is -0.497 e. The fourth-order valence-corrected chi connectivity index (χ4v) is 3.73. The highest BCUT2D eigenvalue weighted by atomic mass is 79.9. The number of ether oxygens (including phenoxy) is 1. The fraction of sp³-hybridized carbons (Fsp3) is 0.167. The number of aryl methyl sites for hydroxylation is 2. The van der Waals surface area contributed by atoms with Crippen LogP contribution in [0.2, 0.25) is 0 Å². The molecule has 0 aliphatic carbocycles. The van der Waals surface area contributed by atoms with Crippen molar-refractivity contribution in [2.24, 2.45) is 0 Å². The Kier molecular flexibility index (Phi) is 6.41. The first kappa shape index (κ1) is 22.5. The molecule has 1 N–H and O–H groups in total. The second-order valence-electron chi connectivity index (χ2n) is 7.45. The number of rotatable bonds is 6. The van der Waals surface area contributed by atoms with Crippen molar-refractivity contribution < 1.29 is 14.1 Å². The van der Waals surface area contributed by atoms with Crippen molar-refractivity contribution in [3.63, 3.8) is 0 Å². The van der Waals surface area contributed by atoms with E-state index in [0.717, 1.165) is 10.0 Å². The van der Waals surface area contributed by atoms with Gasteiger partial charge in [-0.3, -0.25) is 9.59 Å². The summed E-state index contributed by atoms with van der Waals surface area (Å²) in [5.74, 6) is 0.762. The number of carbonyl (C=O) groups excluding carboxylic acids is 1. The molecule has 4 aromatic rings. The van der Waals surface area contributed by atoms with E-state index >= 15 is 0 Å². The summed E-state index contributed by atoms with van der Waals surface area (Å²) in [4.78, 5) is 30.4. The highest BCUT2D eigenvalue weighted by molar-refractivity contribution is 9.10. The van der Waals surface area contributed by atoms with Gasteiger partial charge in [0, 0.05) is 27.5 Å². The normalized spacial score (nSPS) is 10.8. The summed E-state index contributed by atoms with van der Waals surface area (Å²) in [6, 6.07) is 16.3. The summed E-state index contributed by atoms with van der Waals surface area (Å²) >= 11 is 3.39. The van der Waals surface area contributed by atoms with Crippen molar-refractivity contribution in [1.29, 1.82) is 0 Å². The van der Waals surface area contributed by atoms with Gasteiger partial charge in [0.2, 0.25) is 11.7 Å². The Morgan fingerprint density at radius 3 is 2.64 bits per heavy atom. The van der Waals surface area contributed by atoms with Crippen molar-refractivity contribution in [2.45, 2.75) is 20.4 Å². The number of hydrogen-bond donors (Lipinski definition) is 1. The second kappa shape index (κ2) is 9.41. The fourth-order valence-electron chi connectivity index (χ4n) is 3.47. The van der Waals surface area contributed by atoms with Crippen LogP contribution in [0.25, 0.3) is 22.8 Å². The van der Waals surface area contributed by atoms with E-state index in [9.17, 15) is 9.59 Å². The molecule has 0 saturated carbocycles. The highest BCUT2D eigenvalue weighted by Gasteiger charge is 2.20. The Bertz CT molecular complexity index is 1380. The van der Waals surface area contributed by atoms with Crippen LogP contribution in [0.3, 0.4) is 0 Å². The summed E-state index contributed by atoms with van der Waals surface area (Å²) in [6.45, 7) is 3.41. The van der Waals surface area contributed by atoms with Gasteiger partial charge in [-0.2, -0.15) is 4.98 Å². The van der Waals surface area contributed by atoms with E-state index in [1.165, 1.54) is 4.57 Å². The van der Waals surface area contributed by atoms with Crippen LogP contribution in [-0.4, -0.2) is 27.7 Å². The van der Waals surface area contributed by atoms with Crippen LogP contribution in [0.1, 0.15) is 11.3 Å². The Labute approximate surface area is 198 Å². The van der Waals surface area contributed by atoms with Gasteiger partial charge in [0.1, 0.15) is 17.9 Å². The van der Waals surface area contributed by atoms with Gasteiger partial charge in [0.15, 0.2) is 0 Å². The van der Waals surface area contributed by atoms with E-state index < -0.39 is 0 Å². The zero-order valence-corrected chi connectivity index (χ0v) is 19.8. The highest BCUT2D eigenvalue weighted by Crippen LogP contribution is 2.24. The van der Waals surface area contributed by atoms with Crippen molar-refractivity contribution in [3.05, 3.63) is 80.7 Å². The molecule has 9 heteroatoms. The molecule has 4 rings (SSSR count). The number of pyridine rings is 1. The van der Waals surface area contributed by atoms with Gasteiger partial charge in [-0.25, -0.2) is 0 Å². The number of anilines is 1. The number of carbonyl (C=O) groups is 1. The number of nitrogens with zero attached hydrogens (tertiary/aromatic N) is 3. The summed E-state index contributed by atoms with van der Waals surface area (Å²) in [7, 11) is 1.55. The van der Waals surface area contributed by atoms with Crippen LogP contribution in [0.4, 0.5) is 5.69 Å². The molecule has 0 saturated heterocycles. The molecule has 0 radical (unpaired) electrons. The summed E-state index contributed by atoms with van der Waals surface area (Å²) < 4.78 is 12.9. The van der Waals surface area contributed by atoms with Gasteiger partial charge in [-0.05, 0) is 61.9 Å². The smallest absolute Gasteiger partial charge is 0.264 e. The number of aromatic nitrogens is 3. The lowest BCUT2D eigenvalue weighted by atomic mass is 10.1. The number of benzene rings is 2. The number of halogens is 1. The zero-order valence-electron chi connectivity index (χ0n) is 18.3. The maximum atomic E-state index is 13.3. The van der Waals surface area contributed by atoms with Crippen LogP contribution < -0.4 is 15.6 Å². The molecule has 2 aromatic heterocycles. The van der Waals surface area contributed by atoms with E-state index in [1.807, 2.05) is 30.3 Å². The molecule has 8 nitrogen and oxygen atoms in total. The monoisotopic (exact) mass is 508 g/mol. The van der Waals surface area contributed by atoms with E-state index in [0.29, 0.717) is 28.5 Å². The maximum absolute atomic E-state index is 13.3. The van der Waals surface area contributed by atoms with Crippen LogP contribution in [0.5, 0.6) is 5.75 Å². The third-order valence-corrected chi connectivity index (χ3v) is 5.63. The molecule has 0 aliphatic heterocycles. The molecule has 0 unspecified atom stereocenters. The lowest BCUT2D eigenvalue weighted by molar-refractivity contribution is -0.116. The first-order valence-electron chi connectivity index (χ1n) is 10.1. The third-order valence-electron chi connectivity index (χ3n) is 5.10. The second-order valence-corrected chi connectivity index (χ2v) is 8.36. The molecule has 2 aromatic carbocycles. The first-order valence-corrected chi connectivity index (χ1v) is 10.9. The van der Waals surface area contributed by atoms with Gasteiger partial charge in [0.05, 0.1) is 7.11 Å². The van der Waals surface area contributed by atoms with E-state index in [2.05, 4.69) is 31.4 Å². The molecule has 0 spiro atoms. The Hall–Kier alpha value is -3.72. The van der Waals surface area contributed by atoms with Crippen LogP contribution in [0, 0.1) is 13.8 Å². The summed E-state index contributed by atoms with van der Waals surface area (Å²) in [5, 5.41) is 6.81. The van der Waals surface area contributed by atoms with Crippen LogP contribution in [-0.2, 0) is 11.3 Å². The van der Waals surface area contributed by atoms with Gasteiger partial charge in [-0.15, -0.1) is 0 Å². The molecule has 0 fully saturated rings. The quantitative estimate of drug-likeness (QED) is 0.408. The zero-order chi connectivity index (χ0) is 23.5. The van der Waals surface area contributed by atoms with E-state index in [-0.39, 0.29) is 29.5 Å². The van der Waals surface area contributed by atoms with Crippen molar-refractivity contribution in [3.8, 4) is 28.6 Å². The van der Waals surface area contributed by atoms with Crippen molar-refractivity contribution >= 4 is 27.5 Å². The molecule has 2 heterocycles. The van der Waals surface area contributed by atoms with E-state index in [1.54, 1.807) is 45.2 Å². The van der Waals surface area contributed by atoms with Crippen LogP contribution in [0.15, 0.2) is 68.4 Å². The van der Waals surface area contributed by atoms with Gasteiger partial charge < -0.3 is 19.1 Å². The molecule has 1 amide bonds. The molecule has 0 aliphatic rings.